The molecule has 1 aromatic heterocycles. The van der Waals surface area contributed by atoms with Crippen molar-refractivity contribution in [2.45, 2.75) is 38.1 Å². The number of nitrogens with zero attached hydrogens (tertiary/aromatic N) is 3. The molecule has 1 aromatic carbocycles. The first kappa shape index (κ1) is 19.5. The van der Waals surface area contributed by atoms with Gasteiger partial charge in [-0.15, -0.1) is 0 Å². The third kappa shape index (κ3) is 4.27. The van der Waals surface area contributed by atoms with Gasteiger partial charge in [0.25, 0.3) is 5.91 Å². The second-order valence-corrected chi connectivity index (χ2v) is 8.71. The summed E-state index contributed by atoms with van der Waals surface area (Å²) in [4.78, 5) is 24.5. The topological polar surface area (TPSA) is 45.6 Å². The lowest BCUT2D eigenvalue weighted by atomic mass is 9.94. The number of halogens is 2. The van der Waals surface area contributed by atoms with E-state index in [2.05, 4.69) is 4.98 Å². The van der Waals surface area contributed by atoms with Gasteiger partial charge in [0.05, 0.1) is 15.6 Å². The van der Waals surface area contributed by atoms with Gasteiger partial charge in [0.2, 0.25) is 0 Å². The molecular weight excluding hydrogens is 413 g/mol. The quantitative estimate of drug-likeness (QED) is 0.533. The Morgan fingerprint density at radius 3 is 2.75 bits per heavy atom. The summed E-state index contributed by atoms with van der Waals surface area (Å²) in [5.41, 5.74) is 1.52. The van der Waals surface area contributed by atoms with Crippen LogP contribution in [0, 0.1) is 0 Å². The van der Waals surface area contributed by atoms with E-state index in [-0.39, 0.29) is 11.9 Å². The summed E-state index contributed by atoms with van der Waals surface area (Å²) in [6.07, 6.45) is 10.6. The van der Waals surface area contributed by atoms with Crippen molar-refractivity contribution in [3.05, 3.63) is 63.2 Å². The first-order valence-corrected chi connectivity index (χ1v) is 10.9. The van der Waals surface area contributed by atoms with Crippen LogP contribution in [0.1, 0.15) is 37.7 Å². The van der Waals surface area contributed by atoms with Crippen molar-refractivity contribution >= 4 is 57.8 Å². The van der Waals surface area contributed by atoms with Gasteiger partial charge in [0.15, 0.2) is 5.17 Å². The Morgan fingerprint density at radius 2 is 2.00 bits per heavy atom. The Kier molecular flexibility index (Phi) is 6.04. The molecule has 2 aromatic rings. The van der Waals surface area contributed by atoms with Crippen LogP contribution in [0.3, 0.4) is 0 Å². The number of hydrogen-bond acceptors (Lipinski definition) is 4. The summed E-state index contributed by atoms with van der Waals surface area (Å²) in [6, 6.07) is 9.43. The van der Waals surface area contributed by atoms with E-state index in [1.54, 1.807) is 18.5 Å². The molecule has 0 N–H and O–H groups in total. The van der Waals surface area contributed by atoms with Gasteiger partial charge in [-0.2, -0.15) is 0 Å². The molecule has 1 saturated carbocycles. The maximum atomic E-state index is 13.3. The molecule has 1 aliphatic carbocycles. The van der Waals surface area contributed by atoms with Crippen LogP contribution in [-0.2, 0) is 4.79 Å². The van der Waals surface area contributed by atoms with Crippen molar-refractivity contribution in [1.82, 2.24) is 9.88 Å². The minimum absolute atomic E-state index is 0.000745. The third-order valence-corrected chi connectivity index (χ3v) is 6.40. The SMILES string of the molecule is O=C1/C(=C/c2cccc(Cl)c2)SC(=Nc2ccncc2Cl)N1C1CCCCC1. The number of pyridine rings is 1. The molecule has 0 atom stereocenters. The van der Waals surface area contributed by atoms with E-state index < -0.39 is 0 Å². The van der Waals surface area contributed by atoms with Crippen LogP contribution >= 0.6 is 35.0 Å². The standard InChI is InChI=1S/C21H19Cl2N3OS/c22-15-6-4-5-14(11-15)12-19-20(27)26(16-7-2-1-3-8-16)21(28-19)25-18-9-10-24-13-17(18)23/h4-6,9-13,16H,1-3,7-8H2/b19-12-,25-21?. The zero-order valence-corrected chi connectivity index (χ0v) is 17.5. The van der Waals surface area contributed by atoms with E-state index in [4.69, 9.17) is 28.2 Å². The predicted octanol–water partition coefficient (Wildman–Crippen LogP) is 6.33. The molecule has 4 rings (SSSR count). The van der Waals surface area contributed by atoms with Crippen LogP contribution < -0.4 is 0 Å². The van der Waals surface area contributed by atoms with Gasteiger partial charge in [0, 0.05) is 23.5 Å². The Hall–Kier alpha value is -1.82. The average molecular weight is 432 g/mol. The molecule has 7 heteroatoms. The number of hydrogen-bond donors (Lipinski definition) is 0. The Labute approximate surface area is 178 Å². The van der Waals surface area contributed by atoms with E-state index in [1.165, 1.54) is 18.2 Å². The zero-order chi connectivity index (χ0) is 19.5. The van der Waals surface area contributed by atoms with Gasteiger partial charge in [-0.3, -0.25) is 14.7 Å². The van der Waals surface area contributed by atoms with Crippen molar-refractivity contribution in [2.75, 3.05) is 0 Å². The van der Waals surface area contributed by atoms with Crippen molar-refractivity contribution in [3.8, 4) is 0 Å². The maximum Gasteiger partial charge on any atom is 0.267 e. The lowest BCUT2D eigenvalue weighted by molar-refractivity contribution is -0.124. The molecule has 2 heterocycles. The van der Waals surface area contributed by atoms with E-state index >= 15 is 0 Å². The molecular formula is C21H19Cl2N3OS. The highest BCUT2D eigenvalue weighted by atomic mass is 35.5. The number of thioether (sulfide) groups is 1. The first-order valence-electron chi connectivity index (χ1n) is 9.29. The molecule has 144 valence electrons. The molecule has 0 unspecified atom stereocenters. The van der Waals surface area contributed by atoms with Crippen LogP contribution in [0.4, 0.5) is 5.69 Å². The fourth-order valence-corrected chi connectivity index (χ4v) is 4.95. The molecule has 4 nitrogen and oxygen atoms in total. The lowest BCUT2D eigenvalue weighted by Crippen LogP contribution is -2.40. The number of aromatic nitrogens is 1. The van der Waals surface area contributed by atoms with Gasteiger partial charge in [-0.25, -0.2) is 4.99 Å². The fourth-order valence-electron chi connectivity index (χ4n) is 3.54. The van der Waals surface area contributed by atoms with Gasteiger partial charge >= 0.3 is 0 Å². The Balaban J connectivity index is 1.72. The summed E-state index contributed by atoms with van der Waals surface area (Å²) in [6.45, 7) is 0. The van der Waals surface area contributed by atoms with Crippen molar-refractivity contribution < 1.29 is 4.79 Å². The maximum absolute atomic E-state index is 13.3. The summed E-state index contributed by atoms with van der Waals surface area (Å²) in [5, 5.41) is 1.79. The van der Waals surface area contributed by atoms with Crippen molar-refractivity contribution in [2.24, 2.45) is 4.99 Å². The number of amidine groups is 1. The number of rotatable bonds is 3. The second-order valence-electron chi connectivity index (χ2n) is 6.85. The van der Waals surface area contributed by atoms with Gasteiger partial charge in [0.1, 0.15) is 0 Å². The van der Waals surface area contributed by atoms with Crippen LogP contribution in [0.25, 0.3) is 6.08 Å². The van der Waals surface area contributed by atoms with E-state index in [0.29, 0.717) is 25.8 Å². The Bertz CT molecular complexity index is 954. The molecule has 2 fully saturated rings. The van der Waals surface area contributed by atoms with Crippen molar-refractivity contribution in [1.29, 1.82) is 0 Å². The Morgan fingerprint density at radius 1 is 1.18 bits per heavy atom. The highest BCUT2D eigenvalue weighted by Crippen LogP contribution is 2.39. The first-order chi connectivity index (χ1) is 13.6. The summed E-state index contributed by atoms with van der Waals surface area (Å²) in [5.74, 6) is 0.000745. The fraction of sp³-hybridized carbons (Fsp3) is 0.286. The zero-order valence-electron chi connectivity index (χ0n) is 15.1. The molecule has 28 heavy (non-hydrogen) atoms. The number of carbonyl (C=O) groups is 1. The summed E-state index contributed by atoms with van der Waals surface area (Å²) < 4.78 is 0. The highest BCUT2D eigenvalue weighted by Gasteiger charge is 2.38. The van der Waals surface area contributed by atoms with E-state index in [0.717, 1.165) is 31.2 Å². The van der Waals surface area contributed by atoms with Gasteiger partial charge in [-0.05, 0) is 54.4 Å². The smallest absolute Gasteiger partial charge is 0.267 e. The molecule has 1 amide bonds. The van der Waals surface area contributed by atoms with Crippen molar-refractivity contribution in [3.63, 3.8) is 0 Å². The number of benzene rings is 1. The number of aliphatic imine (C=N–C) groups is 1. The van der Waals surface area contributed by atoms with Gasteiger partial charge < -0.3 is 0 Å². The van der Waals surface area contributed by atoms with Crippen LogP contribution in [0.15, 0.2) is 52.6 Å². The molecule has 1 saturated heterocycles. The van der Waals surface area contributed by atoms with E-state index in [1.807, 2.05) is 35.2 Å². The van der Waals surface area contributed by atoms with Crippen LogP contribution in [0.2, 0.25) is 10.0 Å². The molecule has 0 spiro atoms. The predicted molar refractivity (Wildman–Crippen MR) is 117 cm³/mol. The molecule has 2 aliphatic rings. The minimum Gasteiger partial charge on any atom is -0.283 e. The van der Waals surface area contributed by atoms with Gasteiger partial charge in [-0.1, -0.05) is 54.6 Å². The van der Waals surface area contributed by atoms with E-state index in [9.17, 15) is 4.79 Å². The normalized spacial score (nSPS) is 21.1. The molecule has 1 aliphatic heterocycles. The number of amides is 1. The third-order valence-electron chi connectivity index (χ3n) is 4.89. The lowest BCUT2D eigenvalue weighted by Gasteiger charge is -2.30. The average Bonchev–Trinajstić information content (AvgIpc) is 2.99. The summed E-state index contributed by atoms with van der Waals surface area (Å²) >= 11 is 13.7. The monoisotopic (exact) mass is 431 g/mol. The molecule has 0 bridgehead atoms. The largest absolute Gasteiger partial charge is 0.283 e. The number of carbonyl (C=O) groups excluding carboxylic acids is 1. The summed E-state index contributed by atoms with van der Waals surface area (Å²) in [7, 11) is 0. The minimum atomic E-state index is 0.000745. The van der Waals surface area contributed by atoms with Crippen LogP contribution in [-0.4, -0.2) is 27.0 Å². The highest BCUT2D eigenvalue weighted by molar-refractivity contribution is 8.18. The van der Waals surface area contributed by atoms with Crippen LogP contribution in [0.5, 0.6) is 0 Å². The molecule has 0 radical (unpaired) electrons. The second kappa shape index (κ2) is 8.68.